The van der Waals surface area contributed by atoms with Gasteiger partial charge in [0.25, 0.3) is 0 Å². The molecule has 18 heavy (non-hydrogen) atoms. The molecule has 0 atom stereocenters. The Morgan fingerprint density at radius 1 is 1.22 bits per heavy atom. The molecule has 92 valence electrons. The fourth-order valence-corrected chi connectivity index (χ4v) is 1.73. The van der Waals surface area contributed by atoms with Crippen molar-refractivity contribution in [3.63, 3.8) is 0 Å². The molecular weight excluding hydrogens is 255 g/mol. The molecule has 0 saturated carbocycles. The molecule has 4 heteroatoms. The quantitative estimate of drug-likeness (QED) is 0.605. The van der Waals surface area contributed by atoms with Crippen molar-refractivity contribution in [2.24, 2.45) is 0 Å². The molecule has 0 saturated heterocycles. The fraction of sp³-hybridized carbons (Fsp3) is 0.0714. The minimum Gasteiger partial charge on any atom is -0.423 e. The summed E-state index contributed by atoms with van der Waals surface area (Å²) in [5.74, 6) is -0.661. The summed E-state index contributed by atoms with van der Waals surface area (Å²) in [7, 11) is 0. The van der Waals surface area contributed by atoms with E-state index in [1.54, 1.807) is 25.1 Å². The lowest BCUT2D eigenvalue weighted by molar-refractivity contribution is 0.0733. The van der Waals surface area contributed by atoms with E-state index in [4.69, 9.17) is 16.3 Å². The highest BCUT2D eigenvalue weighted by atomic mass is 35.5. The third kappa shape index (κ3) is 2.87. The number of esters is 1. The van der Waals surface area contributed by atoms with Gasteiger partial charge in [-0.25, -0.2) is 9.18 Å². The van der Waals surface area contributed by atoms with Crippen LogP contribution in [0.4, 0.5) is 4.39 Å². The first-order valence-corrected chi connectivity index (χ1v) is 5.68. The van der Waals surface area contributed by atoms with Crippen molar-refractivity contribution in [1.29, 1.82) is 0 Å². The Balaban J connectivity index is 2.21. The van der Waals surface area contributed by atoms with E-state index in [-0.39, 0.29) is 5.56 Å². The molecule has 0 aromatic heterocycles. The maximum Gasteiger partial charge on any atom is 0.343 e. The molecule has 0 bridgehead atoms. The summed E-state index contributed by atoms with van der Waals surface area (Å²) in [5.41, 5.74) is 0.914. The van der Waals surface area contributed by atoms with E-state index in [0.717, 1.165) is 11.6 Å². The van der Waals surface area contributed by atoms with Crippen molar-refractivity contribution in [1.82, 2.24) is 0 Å². The summed E-state index contributed by atoms with van der Waals surface area (Å²) in [6.45, 7) is 1.78. The molecule has 2 aromatic rings. The van der Waals surface area contributed by atoms with Crippen molar-refractivity contribution in [2.75, 3.05) is 0 Å². The highest BCUT2D eigenvalue weighted by Crippen LogP contribution is 2.22. The summed E-state index contributed by atoms with van der Waals surface area (Å²) in [4.78, 5) is 11.8. The average molecular weight is 265 g/mol. The number of halogens is 2. The molecule has 0 heterocycles. The van der Waals surface area contributed by atoms with Gasteiger partial charge in [0.1, 0.15) is 11.6 Å². The molecule has 0 unspecified atom stereocenters. The number of carbonyl (C=O) groups is 1. The lowest BCUT2D eigenvalue weighted by Gasteiger charge is -2.07. The molecule has 0 aliphatic heterocycles. The van der Waals surface area contributed by atoms with Gasteiger partial charge in [0.2, 0.25) is 0 Å². The smallest absolute Gasteiger partial charge is 0.343 e. The fourth-order valence-electron chi connectivity index (χ4n) is 1.50. The zero-order chi connectivity index (χ0) is 13.1. The van der Waals surface area contributed by atoms with Crippen molar-refractivity contribution in [3.05, 3.63) is 64.4 Å². The molecular formula is C14H10ClFO2. The van der Waals surface area contributed by atoms with Gasteiger partial charge in [-0.05, 0) is 48.9 Å². The summed E-state index contributed by atoms with van der Waals surface area (Å²) in [5, 5.41) is 0.568. The number of aryl methyl sites for hydroxylation is 1. The lowest BCUT2D eigenvalue weighted by atomic mass is 10.2. The van der Waals surface area contributed by atoms with E-state index in [9.17, 15) is 9.18 Å². The Morgan fingerprint density at radius 3 is 2.67 bits per heavy atom. The summed E-state index contributed by atoms with van der Waals surface area (Å²) < 4.78 is 18.2. The van der Waals surface area contributed by atoms with Crippen LogP contribution < -0.4 is 4.74 Å². The van der Waals surface area contributed by atoms with Crippen LogP contribution in [0, 0.1) is 12.7 Å². The summed E-state index contributed by atoms with van der Waals surface area (Å²) in [6.07, 6.45) is 0. The lowest BCUT2D eigenvalue weighted by Crippen LogP contribution is -2.09. The number of rotatable bonds is 2. The normalized spacial score (nSPS) is 10.2. The predicted octanol–water partition coefficient (Wildman–Crippen LogP) is 4.01. The Morgan fingerprint density at radius 2 is 2.00 bits per heavy atom. The Kier molecular flexibility index (Phi) is 3.63. The van der Waals surface area contributed by atoms with Gasteiger partial charge in [0, 0.05) is 5.02 Å². The van der Waals surface area contributed by atoms with Crippen LogP contribution in [0.25, 0.3) is 0 Å². The molecule has 0 N–H and O–H groups in total. The SMILES string of the molecule is Cc1cc(Cl)ccc1OC(=O)c1cccc(F)c1. The monoisotopic (exact) mass is 264 g/mol. The van der Waals surface area contributed by atoms with Gasteiger partial charge in [-0.3, -0.25) is 0 Å². The molecule has 0 radical (unpaired) electrons. The number of benzene rings is 2. The molecule has 0 spiro atoms. The molecule has 2 rings (SSSR count). The summed E-state index contributed by atoms with van der Waals surface area (Å²) in [6, 6.07) is 10.3. The number of carbonyl (C=O) groups excluding carboxylic acids is 1. The van der Waals surface area contributed by atoms with Crippen LogP contribution in [-0.2, 0) is 0 Å². The number of hydrogen-bond donors (Lipinski definition) is 0. The maximum atomic E-state index is 13.0. The van der Waals surface area contributed by atoms with Crippen LogP contribution in [0.1, 0.15) is 15.9 Å². The zero-order valence-electron chi connectivity index (χ0n) is 9.61. The van der Waals surface area contributed by atoms with Gasteiger partial charge in [-0.15, -0.1) is 0 Å². The second kappa shape index (κ2) is 5.19. The van der Waals surface area contributed by atoms with E-state index in [1.807, 2.05) is 0 Å². The number of hydrogen-bond acceptors (Lipinski definition) is 2. The first kappa shape index (κ1) is 12.6. The first-order chi connectivity index (χ1) is 8.56. The molecule has 2 aromatic carbocycles. The van der Waals surface area contributed by atoms with Crippen molar-refractivity contribution >= 4 is 17.6 Å². The van der Waals surface area contributed by atoms with Gasteiger partial charge < -0.3 is 4.74 Å². The molecule has 2 nitrogen and oxygen atoms in total. The van der Waals surface area contributed by atoms with Crippen LogP contribution in [0.2, 0.25) is 5.02 Å². The zero-order valence-corrected chi connectivity index (χ0v) is 10.4. The Labute approximate surface area is 109 Å². The molecule has 0 aliphatic carbocycles. The van der Waals surface area contributed by atoms with Crippen LogP contribution in [-0.4, -0.2) is 5.97 Å². The largest absolute Gasteiger partial charge is 0.423 e. The van der Waals surface area contributed by atoms with E-state index >= 15 is 0 Å². The van der Waals surface area contributed by atoms with Crippen molar-refractivity contribution < 1.29 is 13.9 Å². The van der Waals surface area contributed by atoms with Crippen LogP contribution in [0.15, 0.2) is 42.5 Å². The Bertz CT molecular complexity index is 596. The first-order valence-electron chi connectivity index (χ1n) is 5.30. The summed E-state index contributed by atoms with van der Waals surface area (Å²) >= 11 is 5.80. The second-order valence-corrected chi connectivity index (χ2v) is 4.25. The minimum absolute atomic E-state index is 0.171. The second-order valence-electron chi connectivity index (χ2n) is 3.81. The van der Waals surface area contributed by atoms with Gasteiger partial charge in [0.05, 0.1) is 5.56 Å². The minimum atomic E-state index is -0.597. The van der Waals surface area contributed by atoms with E-state index in [1.165, 1.54) is 18.2 Å². The predicted molar refractivity (Wildman–Crippen MR) is 67.5 cm³/mol. The molecule has 0 amide bonds. The number of ether oxygens (including phenoxy) is 1. The van der Waals surface area contributed by atoms with E-state index < -0.39 is 11.8 Å². The van der Waals surface area contributed by atoms with E-state index in [2.05, 4.69) is 0 Å². The van der Waals surface area contributed by atoms with Gasteiger partial charge in [-0.2, -0.15) is 0 Å². The third-order valence-corrected chi connectivity index (χ3v) is 2.64. The standard InChI is InChI=1S/C14H10ClFO2/c1-9-7-11(15)5-6-13(9)18-14(17)10-3-2-4-12(16)8-10/h2-8H,1H3. The highest BCUT2D eigenvalue weighted by Gasteiger charge is 2.11. The Hall–Kier alpha value is -1.87. The topological polar surface area (TPSA) is 26.3 Å². The maximum absolute atomic E-state index is 13.0. The highest BCUT2D eigenvalue weighted by molar-refractivity contribution is 6.30. The molecule has 0 fully saturated rings. The van der Waals surface area contributed by atoms with E-state index in [0.29, 0.717) is 10.8 Å². The third-order valence-electron chi connectivity index (χ3n) is 2.40. The van der Waals surface area contributed by atoms with Gasteiger partial charge in [-0.1, -0.05) is 17.7 Å². The van der Waals surface area contributed by atoms with Gasteiger partial charge >= 0.3 is 5.97 Å². The van der Waals surface area contributed by atoms with Crippen LogP contribution in [0.5, 0.6) is 5.75 Å². The van der Waals surface area contributed by atoms with Crippen molar-refractivity contribution in [3.8, 4) is 5.75 Å². The average Bonchev–Trinajstić information content (AvgIpc) is 2.32. The van der Waals surface area contributed by atoms with Crippen LogP contribution in [0.3, 0.4) is 0 Å². The van der Waals surface area contributed by atoms with Crippen molar-refractivity contribution in [2.45, 2.75) is 6.92 Å². The van der Waals surface area contributed by atoms with Crippen LogP contribution >= 0.6 is 11.6 Å². The molecule has 0 aliphatic rings. The van der Waals surface area contributed by atoms with Gasteiger partial charge in [0.15, 0.2) is 0 Å².